The van der Waals surface area contributed by atoms with Crippen LogP contribution in [0.2, 0.25) is 0 Å². The van der Waals surface area contributed by atoms with Crippen LogP contribution in [-0.2, 0) is 28.9 Å². The van der Waals surface area contributed by atoms with E-state index in [0.29, 0.717) is 0 Å². The maximum atomic E-state index is 12.1. The van der Waals surface area contributed by atoms with E-state index in [0.717, 1.165) is 12.1 Å². The van der Waals surface area contributed by atoms with E-state index in [1.807, 2.05) is 0 Å². The summed E-state index contributed by atoms with van der Waals surface area (Å²) in [6.45, 7) is 1.64. The molecule has 1 rings (SSSR count). The van der Waals surface area contributed by atoms with Gasteiger partial charge in [0.15, 0.2) is 9.84 Å². The number of sulfone groups is 1. The molecule has 0 heterocycles. The summed E-state index contributed by atoms with van der Waals surface area (Å²) in [5.74, 6) is -1.59. The molecule has 21 heavy (non-hydrogen) atoms. The van der Waals surface area contributed by atoms with E-state index in [1.165, 1.54) is 12.1 Å². The predicted octanol–water partition coefficient (Wildman–Crippen LogP) is 0.327. The van der Waals surface area contributed by atoms with Crippen LogP contribution in [0.3, 0.4) is 0 Å². The number of halogens is 1. The molecule has 0 aliphatic carbocycles. The minimum atomic E-state index is -4.11. The molecule has 7 nitrogen and oxygen atoms in total. The smallest absolute Gasteiger partial charge is 0.224 e. The minimum Gasteiger partial charge on any atom is -0.224 e. The largest absolute Gasteiger partial charge is 0.241 e. The summed E-state index contributed by atoms with van der Waals surface area (Å²) in [5.41, 5.74) is 0. The number of benzene rings is 1. The molecule has 0 spiro atoms. The van der Waals surface area contributed by atoms with Crippen LogP contribution in [0.5, 0.6) is 0 Å². The first-order valence-electron chi connectivity index (χ1n) is 5.73. The SMILES string of the molecule is CCNS(=O)(=O)c1ccccc1S(=O)(=O)CCS(=O)(=O)Cl. The third kappa shape index (κ3) is 5.22. The topological polar surface area (TPSA) is 114 Å². The Morgan fingerprint density at radius 2 is 1.48 bits per heavy atom. The molecule has 0 atom stereocenters. The maximum absolute atomic E-state index is 12.1. The van der Waals surface area contributed by atoms with Gasteiger partial charge in [0.25, 0.3) is 0 Å². The normalized spacial score (nSPS) is 13.2. The Kier molecular flexibility index (Phi) is 5.78. The fourth-order valence-electron chi connectivity index (χ4n) is 1.52. The number of sulfonamides is 1. The lowest BCUT2D eigenvalue weighted by Crippen LogP contribution is -2.26. The van der Waals surface area contributed by atoms with Gasteiger partial charge in [0, 0.05) is 17.2 Å². The first kappa shape index (κ1) is 18.4. The standard InChI is InChI=1S/C10H14ClNO6S3/c1-2-12-21(17,18)10-6-4-3-5-9(10)19(13,14)7-8-20(11,15)16/h3-6,12H,2,7-8H2,1H3. The zero-order valence-electron chi connectivity index (χ0n) is 11.0. The first-order chi connectivity index (χ1) is 9.49. The molecule has 0 aromatic heterocycles. The van der Waals surface area contributed by atoms with Crippen LogP contribution in [0.15, 0.2) is 34.1 Å². The van der Waals surface area contributed by atoms with E-state index in [-0.39, 0.29) is 6.54 Å². The second-order valence-electron chi connectivity index (χ2n) is 4.01. The third-order valence-electron chi connectivity index (χ3n) is 2.40. The predicted molar refractivity (Wildman–Crippen MR) is 79.0 cm³/mol. The van der Waals surface area contributed by atoms with Crippen molar-refractivity contribution in [1.82, 2.24) is 4.72 Å². The van der Waals surface area contributed by atoms with Gasteiger partial charge in [-0.3, -0.25) is 0 Å². The number of nitrogens with one attached hydrogen (secondary N) is 1. The Bertz CT molecular complexity index is 814. The zero-order valence-corrected chi connectivity index (χ0v) is 14.2. The van der Waals surface area contributed by atoms with E-state index < -0.39 is 50.2 Å². The van der Waals surface area contributed by atoms with Crippen LogP contribution < -0.4 is 4.72 Å². The molecule has 0 fully saturated rings. The van der Waals surface area contributed by atoms with Gasteiger partial charge >= 0.3 is 0 Å². The van der Waals surface area contributed by atoms with E-state index in [2.05, 4.69) is 4.72 Å². The third-order valence-corrected chi connectivity index (χ3v) is 7.32. The Morgan fingerprint density at radius 1 is 0.952 bits per heavy atom. The maximum Gasteiger partial charge on any atom is 0.241 e. The van der Waals surface area contributed by atoms with Crippen molar-refractivity contribution in [1.29, 1.82) is 0 Å². The van der Waals surface area contributed by atoms with E-state index in [9.17, 15) is 25.3 Å². The van der Waals surface area contributed by atoms with Gasteiger partial charge in [-0.15, -0.1) is 0 Å². The second-order valence-corrected chi connectivity index (χ2v) is 10.7. The first-order valence-corrected chi connectivity index (χ1v) is 11.3. The van der Waals surface area contributed by atoms with E-state index in [4.69, 9.17) is 10.7 Å². The van der Waals surface area contributed by atoms with Crippen LogP contribution in [0, 0.1) is 0 Å². The molecule has 0 saturated heterocycles. The van der Waals surface area contributed by atoms with Crippen molar-refractivity contribution in [3.8, 4) is 0 Å². The highest BCUT2D eigenvalue weighted by atomic mass is 35.7. The molecule has 1 N–H and O–H groups in total. The summed E-state index contributed by atoms with van der Waals surface area (Å²) in [6, 6.07) is 4.98. The van der Waals surface area contributed by atoms with Crippen molar-refractivity contribution in [3.05, 3.63) is 24.3 Å². The Hall–Kier alpha value is -0.680. The quantitative estimate of drug-likeness (QED) is 0.686. The molecule has 0 aliphatic rings. The van der Waals surface area contributed by atoms with Gasteiger partial charge in [-0.2, -0.15) is 0 Å². The number of hydrogen-bond donors (Lipinski definition) is 1. The molecule has 0 bridgehead atoms. The highest BCUT2D eigenvalue weighted by Gasteiger charge is 2.26. The lowest BCUT2D eigenvalue weighted by Gasteiger charge is -2.10. The number of rotatable bonds is 7. The van der Waals surface area contributed by atoms with Gasteiger partial charge in [0.05, 0.1) is 16.4 Å². The Balaban J connectivity index is 3.32. The molecule has 0 unspecified atom stereocenters. The molecule has 0 radical (unpaired) electrons. The van der Waals surface area contributed by atoms with Gasteiger partial charge in [-0.1, -0.05) is 19.1 Å². The zero-order chi connectivity index (χ0) is 16.3. The van der Waals surface area contributed by atoms with Crippen molar-refractivity contribution in [3.63, 3.8) is 0 Å². The number of hydrogen-bond acceptors (Lipinski definition) is 6. The molecule has 0 amide bonds. The van der Waals surface area contributed by atoms with Crippen LogP contribution >= 0.6 is 10.7 Å². The molecule has 0 saturated carbocycles. The van der Waals surface area contributed by atoms with Crippen LogP contribution in [0.25, 0.3) is 0 Å². The van der Waals surface area contributed by atoms with Crippen molar-refractivity contribution >= 4 is 39.6 Å². The van der Waals surface area contributed by atoms with Crippen molar-refractivity contribution in [2.24, 2.45) is 0 Å². The lowest BCUT2D eigenvalue weighted by molar-refractivity contribution is 0.575. The van der Waals surface area contributed by atoms with Crippen molar-refractivity contribution < 1.29 is 25.3 Å². The average molecular weight is 376 g/mol. The molecule has 1 aromatic carbocycles. The van der Waals surface area contributed by atoms with Crippen LogP contribution in [0.4, 0.5) is 0 Å². The Labute approximate surface area is 128 Å². The fourth-order valence-corrected chi connectivity index (χ4v) is 6.47. The summed E-state index contributed by atoms with van der Waals surface area (Å²) in [5, 5.41) is 0. The summed E-state index contributed by atoms with van der Waals surface area (Å²) in [6.07, 6.45) is 0. The van der Waals surface area contributed by atoms with Gasteiger partial charge in [0.2, 0.25) is 19.1 Å². The van der Waals surface area contributed by atoms with Crippen LogP contribution in [0.1, 0.15) is 6.92 Å². The summed E-state index contributed by atoms with van der Waals surface area (Å²) < 4.78 is 72.1. The van der Waals surface area contributed by atoms with Crippen molar-refractivity contribution in [2.75, 3.05) is 18.1 Å². The van der Waals surface area contributed by atoms with E-state index >= 15 is 0 Å². The lowest BCUT2D eigenvalue weighted by atomic mass is 10.4. The molecule has 0 aliphatic heterocycles. The van der Waals surface area contributed by atoms with Crippen LogP contribution in [-0.4, -0.2) is 43.3 Å². The molecule has 1 aromatic rings. The van der Waals surface area contributed by atoms with Gasteiger partial charge < -0.3 is 0 Å². The van der Waals surface area contributed by atoms with Crippen molar-refractivity contribution in [2.45, 2.75) is 16.7 Å². The van der Waals surface area contributed by atoms with Gasteiger partial charge in [0.1, 0.15) is 4.90 Å². The average Bonchev–Trinajstić information content (AvgIpc) is 2.36. The minimum absolute atomic E-state index is 0.0901. The fraction of sp³-hybridized carbons (Fsp3) is 0.400. The highest BCUT2D eigenvalue weighted by Crippen LogP contribution is 2.22. The van der Waals surface area contributed by atoms with Gasteiger partial charge in [-0.05, 0) is 12.1 Å². The highest BCUT2D eigenvalue weighted by molar-refractivity contribution is 8.14. The summed E-state index contributed by atoms with van der Waals surface area (Å²) in [4.78, 5) is -0.870. The summed E-state index contributed by atoms with van der Waals surface area (Å²) in [7, 11) is -7.11. The Morgan fingerprint density at radius 3 is 1.95 bits per heavy atom. The second kappa shape index (κ2) is 6.61. The summed E-state index contributed by atoms with van der Waals surface area (Å²) >= 11 is 0. The molecule has 120 valence electrons. The molecular formula is C10H14ClNO6S3. The molecule has 11 heteroatoms. The van der Waals surface area contributed by atoms with Gasteiger partial charge in [-0.25, -0.2) is 30.0 Å². The monoisotopic (exact) mass is 375 g/mol. The molecular weight excluding hydrogens is 362 g/mol. The van der Waals surface area contributed by atoms with E-state index in [1.54, 1.807) is 6.92 Å².